The van der Waals surface area contributed by atoms with E-state index in [0.717, 1.165) is 11.3 Å². The van der Waals surface area contributed by atoms with Gasteiger partial charge >= 0.3 is 6.18 Å². The second-order valence-electron chi connectivity index (χ2n) is 4.34. The van der Waals surface area contributed by atoms with E-state index in [1.54, 1.807) is 0 Å². The number of amides is 1. The van der Waals surface area contributed by atoms with Gasteiger partial charge in [0.15, 0.2) is 0 Å². The molecule has 0 aromatic carbocycles. The van der Waals surface area contributed by atoms with Crippen molar-refractivity contribution in [3.8, 4) is 0 Å². The van der Waals surface area contributed by atoms with Crippen LogP contribution in [0, 0.1) is 11.8 Å². The van der Waals surface area contributed by atoms with Gasteiger partial charge in [0.25, 0.3) is 0 Å². The molecule has 1 heterocycles. The molecule has 1 fully saturated rings. The lowest BCUT2D eigenvalue weighted by Gasteiger charge is -2.29. The van der Waals surface area contributed by atoms with Crippen LogP contribution in [0.1, 0.15) is 25.7 Å². The summed E-state index contributed by atoms with van der Waals surface area (Å²) >= 11 is 1.15. The van der Waals surface area contributed by atoms with Gasteiger partial charge in [-0.1, -0.05) is 17.8 Å². The predicted molar refractivity (Wildman–Crippen MR) is 60.0 cm³/mol. The standard InChI is InChI=1S/C10H12F3N3OS/c11-10(12,13)7-3-1-2-6(4-7)8(17)15-9-16-14-5-18-9/h5-7H,1-4H2,(H,15,16,17). The fraction of sp³-hybridized carbons (Fsp3) is 0.700. The molecule has 0 saturated heterocycles. The Morgan fingerprint density at radius 3 is 2.83 bits per heavy atom. The molecule has 1 saturated carbocycles. The van der Waals surface area contributed by atoms with Gasteiger partial charge in [-0.05, 0) is 19.3 Å². The molecule has 0 spiro atoms. The molecule has 18 heavy (non-hydrogen) atoms. The van der Waals surface area contributed by atoms with Crippen LogP contribution in [0.3, 0.4) is 0 Å². The van der Waals surface area contributed by atoms with Crippen molar-refractivity contribution < 1.29 is 18.0 Å². The number of nitrogens with zero attached hydrogens (tertiary/aromatic N) is 2. The Morgan fingerprint density at radius 1 is 1.44 bits per heavy atom. The molecule has 8 heteroatoms. The second-order valence-corrected chi connectivity index (χ2v) is 5.17. The van der Waals surface area contributed by atoms with Crippen molar-refractivity contribution in [2.24, 2.45) is 11.8 Å². The minimum absolute atomic E-state index is 0.117. The van der Waals surface area contributed by atoms with Crippen molar-refractivity contribution >= 4 is 22.4 Å². The molecular weight excluding hydrogens is 267 g/mol. The van der Waals surface area contributed by atoms with Gasteiger partial charge in [-0.15, -0.1) is 10.2 Å². The quantitative estimate of drug-likeness (QED) is 0.905. The number of hydrogen-bond acceptors (Lipinski definition) is 4. The average molecular weight is 279 g/mol. The zero-order valence-corrected chi connectivity index (χ0v) is 10.2. The summed E-state index contributed by atoms with van der Waals surface area (Å²) in [5.41, 5.74) is 1.45. The number of hydrogen-bond donors (Lipinski definition) is 1. The summed E-state index contributed by atoms with van der Waals surface area (Å²) in [4.78, 5) is 11.8. The van der Waals surface area contributed by atoms with E-state index in [-0.39, 0.29) is 18.7 Å². The third-order valence-corrected chi connectivity index (χ3v) is 3.70. The zero-order chi connectivity index (χ0) is 13.2. The van der Waals surface area contributed by atoms with Crippen LogP contribution in [0.4, 0.5) is 18.3 Å². The summed E-state index contributed by atoms with van der Waals surface area (Å²) < 4.78 is 37.8. The first-order valence-electron chi connectivity index (χ1n) is 5.60. The van der Waals surface area contributed by atoms with Gasteiger partial charge < -0.3 is 5.32 Å². The highest BCUT2D eigenvalue weighted by atomic mass is 32.1. The van der Waals surface area contributed by atoms with E-state index in [1.165, 1.54) is 5.51 Å². The van der Waals surface area contributed by atoms with Gasteiger partial charge in [-0.3, -0.25) is 4.79 Å². The van der Waals surface area contributed by atoms with Crippen molar-refractivity contribution in [1.82, 2.24) is 10.2 Å². The van der Waals surface area contributed by atoms with Crippen molar-refractivity contribution in [2.75, 3.05) is 5.32 Å². The third-order valence-electron chi connectivity index (χ3n) is 3.10. The fourth-order valence-electron chi connectivity index (χ4n) is 2.16. The van der Waals surface area contributed by atoms with Crippen molar-refractivity contribution in [1.29, 1.82) is 0 Å². The molecule has 1 N–H and O–H groups in total. The number of anilines is 1. The second kappa shape index (κ2) is 5.21. The molecule has 1 aliphatic rings. The van der Waals surface area contributed by atoms with Gasteiger partial charge in [0, 0.05) is 5.92 Å². The van der Waals surface area contributed by atoms with E-state index in [9.17, 15) is 18.0 Å². The Kier molecular flexibility index (Phi) is 3.84. The number of rotatable bonds is 2. The minimum atomic E-state index is -4.21. The summed E-state index contributed by atoms with van der Waals surface area (Å²) in [5.74, 6) is -2.34. The molecule has 0 aliphatic heterocycles. The van der Waals surface area contributed by atoms with Crippen molar-refractivity contribution in [3.05, 3.63) is 5.51 Å². The molecule has 4 nitrogen and oxygen atoms in total. The van der Waals surface area contributed by atoms with E-state index in [4.69, 9.17) is 0 Å². The van der Waals surface area contributed by atoms with Crippen molar-refractivity contribution in [2.45, 2.75) is 31.9 Å². The van der Waals surface area contributed by atoms with E-state index in [0.29, 0.717) is 18.0 Å². The number of carbonyl (C=O) groups is 1. The van der Waals surface area contributed by atoms with Gasteiger partial charge in [0.2, 0.25) is 11.0 Å². The first-order valence-corrected chi connectivity index (χ1v) is 6.48. The highest BCUT2D eigenvalue weighted by Crippen LogP contribution is 2.40. The lowest BCUT2D eigenvalue weighted by Crippen LogP contribution is -2.34. The van der Waals surface area contributed by atoms with E-state index in [2.05, 4.69) is 15.5 Å². The Labute approximate surface area is 106 Å². The molecular formula is C10H12F3N3OS. The number of nitrogens with one attached hydrogen (secondary N) is 1. The third kappa shape index (κ3) is 3.18. The number of carbonyl (C=O) groups excluding carboxylic acids is 1. The van der Waals surface area contributed by atoms with Crippen LogP contribution in [0.15, 0.2) is 5.51 Å². The molecule has 2 rings (SSSR count). The molecule has 1 aromatic rings. The number of aromatic nitrogens is 2. The minimum Gasteiger partial charge on any atom is -0.300 e. The molecule has 1 aliphatic carbocycles. The monoisotopic (exact) mass is 279 g/mol. The number of halogens is 3. The van der Waals surface area contributed by atoms with Gasteiger partial charge in [-0.2, -0.15) is 13.2 Å². The summed E-state index contributed by atoms with van der Waals surface area (Å²) in [6.07, 6.45) is -3.29. The maximum atomic E-state index is 12.6. The lowest BCUT2D eigenvalue weighted by atomic mass is 9.80. The predicted octanol–water partition coefficient (Wildman–Crippen LogP) is 2.85. The Morgan fingerprint density at radius 2 is 2.22 bits per heavy atom. The molecule has 1 aromatic heterocycles. The molecule has 2 unspecified atom stereocenters. The average Bonchev–Trinajstić information content (AvgIpc) is 2.81. The fourth-order valence-corrected chi connectivity index (χ4v) is 2.61. The van der Waals surface area contributed by atoms with Crippen LogP contribution in [0.2, 0.25) is 0 Å². The van der Waals surface area contributed by atoms with Crippen molar-refractivity contribution in [3.63, 3.8) is 0 Å². The van der Waals surface area contributed by atoms with E-state index < -0.39 is 18.0 Å². The first-order chi connectivity index (χ1) is 8.47. The lowest BCUT2D eigenvalue weighted by molar-refractivity contribution is -0.185. The zero-order valence-electron chi connectivity index (χ0n) is 9.41. The molecule has 0 radical (unpaired) electrons. The van der Waals surface area contributed by atoms with E-state index in [1.807, 2.05) is 0 Å². The maximum Gasteiger partial charge on any atom is 0.391 e. The van der Waals surface area contributed by atoms with Gasteiger partial charge in [0.05, 0.1) is 5.92 Å². The molecule has 100 valence electrons. The van der Waals surface area contributed by atoms with Gasteiger partial charge in [0.1, 0.15) is 5.51 Å². The Hall–Kier alpha value is -1.18. The van der Waals surface area contributed by atoms with Crippen LogP contribution in [0.5, 0.6) is 0 Å². The van der Waals surface area contributed by atoms with Crippen LogP contribution in [-0.4, -0.2) is 22.3 Å². The summed E-state index contributed by atoms with van der Waals surface area (Å²) in [7, 11) is 0. The smallest absolute Gasteiger partial charge is 0.300 e. The van der Waals surface area contributed by atoms with Crippen LogP contribution >= 0.6 is 11.3 Å². The summed E-state index contributed by atoms with van der Waals surface area (Å²) in [6.45, 7) is 0. The van der Waals surface area contributed by atoms with Crippen LogP contribution in [0.25, 0.3) is 0 Å². The Bertz CT molecular complexity index is 407. The normalized spacial score (nSPS) is 24.8. The summed E-state index contributed by atoms with van der Waals surface area (Å²) in [5, 5.41) is 10.0. The van der Waals surface area contributed by atoms with Crippen LogP contribution in [-0.2, 0) is 4.79 Å². The number of alkyl halides is 3. The Balaban J connectivity index is 1.94. The SMILES string of the molecule is O=C(Nc1nncs1)C1CCCC(C(F)(F)F)C1. The topological polar surface area (TPSA) is 54.9 Å². The van der Waals surface area contributed by atoms with Crippen LogP contribution < -0.4 is 5.32 Å². The molecule has 1 amide bonds. The molecule has 2 atom stereocenters. The maximum absolute atomic E-state index is 12.6. The first kappa shape index (κ1) is 13.3. The van der Waals surface area contributed by atoms with Gasteiger partial charge in [-0.25, -0.2) is 0 Å². The highest BCUT2D eigenvalue weighted by Gasteiger charge is 2.43. The largest absolute Gasteiger partial charge is 0.391 e. The van der Waals surface area contributed by atoms with E-state index >= 15 is 0 Å². The summed E-state index contributed by atoms with van der Waals surface area (Å²) in [6, 6.07) is 0. The molecule has 0 bridgehead atoms. The highest BCUT2D eigenvalue weighted by molar-refractivity contribution is 7.13.